The van der Waals surface area contributed by atoms with Crippen molar-refractivity contribution in [2.75, 3.05) is 38.7 Å². The topological polar surface area (TPSA) is 60.0 Å². The molecule has 1 aliphatic heterocycles. The Morgan fingerprint density at radius 3 is 2.82 bits per heavy atom. The van der Waals surface area contributed by atoms with Crippen molar-refractivity contribution in [1.29, 1.82) is 0 Å². The van der Waals surface area contributed by atoms with Crippen LogP contribution in [0.3, 0.4) is 0 Å². The third kappa shape index (κ3) is 5.30. The summed E-state index contributed by atoms with van der Waals surface area (Å²) in [5, 5.41) is 3.41. The summed E-state index contributed by atoms with van der Waals surface area (Å²) in [4.78, 5) is 14.6. The third-order valence-electron chi connectivity index (χ3n) is 4.57. The van der Waals surface area contributed by atoms with E-state index in [1.165, 1.54) is 0 Å². The highest BCUT2D eigenvalue weighted by molar-refractivity contribution is 6.31. The Morgan fingerprint density at radius 2 is 2.07 bits per heavy atom. The lowest BCUT2D eigenvalue weighted by molar-refractivity contribution is -0.116. The Kier molecular flexibility index (Phi) is 7.01. The number of nitrogens with one attached hydrogen (secondary N) is 1. The summed E-state index contributed by atoms with van der Waals surface area (Å²) in [7, 11) is 1.56. The molecule has 1 heterocycles. The Hall–Kier alpha value is -2.44. The minimum Gasteiger partial charge on any atom is -0.495 e. The number of halogens is 1. The van der Waals surface area contributed by atoms with E-state index in [0.717, 1.165) is 18.0 Å². The molecule has 0 radical (unpaired) electrons. The van der Waals surface area contributed by atoms with Crippen LogP contribution in [0.15, 0.2) is 42.5 Å². The highest BCUT2D eigenvalue weighted by Crippen LogP contribution is 2.31. The van der Waals surface area contributed by atoms with Crippen molar-refractivity contribution >= 4 is 23.2 Å². The van der Waals surface area contributed by atoms with Gasteiger partial charge in [0.25, 0.3) is 0 Å². The molecule has 28 heavy (non-hydrogen) atoms. The first kappa shape index (κ1) is 20.3. The number of rotatable bonds is 8. The molecule has 0 aliphatic carbocycles. The summed E-state index contributed by atoms with van der Waals surface area (Å²) in [6.45, 7) is 4.69. The van der Waals surface area contributed by atoms with Crippen LogP contribution < -0.4 is 19.5 Å². The molecule has 0 fully saturated rings. The van der Waals surface area contributed by atoms with Gasteiger partial charge < -0.3 is 19.5 Å². The zero-order valence-corrected chi connectivity index (χ0v) is 16.9. The van der Waals surface area contributed by atoms with Crippen molar-refractivity contribution in [3.63, 3.8) is 0 Å². The Morgan fingerprint density at radius 1 is 1.29 bits per heavy atom. The first-order valence-corrected chi connectivity index (χ1v) is 9.71. The highest BCUT2D eigenvalue weighted by Gasteiger charge is 2.23. The lowest BCUT2D eigenvalue weighted by Crippen LogP contribution is -2.41. The van der Waals surface area contributed by atoms with Gasteiger partial charge in [0, 0.05) is 24.5 Å². The molecule has 1 amide bonds. The van der Waals surface area contributed by atoms with E-state index in [-0.39, 0.29) is 12.0 Å². The lowest BCUT2D eigenvalue weighted by atomic mass is 10.2. The number of methoxy groups -OCH3 is 1. The maximum Gasteiger partial charge on any atom is 0.225 e. The van der Waals surface area contributed by atoms with Gasteiger partial charge in [-0.25, -0.2) is 0 Å². The average molecular weight is 405 g/mol. The van der Waals surface area contributed by atoms with E-state index >= 15 is 0 Å². The zero-order chi connectivity index (χ0) is 19.9. The first-order chi connectivity index (χ1) is 13.6. The molecule has 7 heteroatoms. The molecule has 3 rings (SSSR count). The summed E-state index contributed by atoms with van der Waals surface area (Å²) < 4.78 is 17.0. The molecule has 1 N–H and O–H groups in total. The molecule has 0 saturated heterocycles. The molecule has 0 aromatic heterocycles. The van der Waals surface area contributed by atoms with Gasteiger partial charge in [-0.2, -0.15) is 0 Å². The number of fused-ring (bicyclic) bond motifs is 1. The van der Waals surface area contributed by atoms with Crippen molar-refractivity contribution in [3.8, 4) is 17.2 Å². The molecule has 1 unspecified atom stereocenters. The van der Waals surface area contributed by atoms with Gasteiger partial charge in [-0.15, -0.1) is 0 Å². The summed E-state index contributed by atoms with van der Waals surface area (Å²) in [5.74, 6) is 2.03. The normalized spacial score (nSPS) is 15.4. The molecule has 0 bridgehead atoms. The van der Waals surface area contributed by atoms with Crippen molar-refractivity contribution in [1.82, 2.24) is 4.90 Å². The minimum atomic E-state index is -0.0924. The van der Waals surface area contributed by atoms with E-state index in [0.29, 0.717) is 42.6 Å². The summed E-state index contributed by atoms with van der Waals surface area (Å²) in [5.41, 5.74) is 0.573. The molecule has 150 valence electrons. The maximum absolute atomic E-state index is 12.4. The molecular weight excluding hydrogens is 380 g/mol. The van der Waals surface area contributed by atoms with Gasteiger partial charge in [-0.05, 0) is 36.9 Å². The quantitative estimate of drug-likeness (QED) is 0.724. The molecule has 2 aromatic carbocycles. The van der Waals surface area contributed by atoms with Crippen LogP contribution >= 0.6 is 11.6 Å². The van der Waals surface area contributed by atoms with E-state index in [4.69, 9.17) is 25.8 Å². The van der Waals surface area contributed by atoms with Gasteiger partial charge in [0.1, 0.15) is 18.5 Å². The number of hydrogen-bond acceptors (Lipinski definition) is 5. The molecular formula is C21H25ClN2O4. The van der Waals surface area contributed by atoms with E-state index < -0.39 is 0 Å². The number of hydrogen-bond donors (Lipinski definition) is 1. The number of nitrogens with zero attached hydrogens (tertiary/aromatic N) is 1. The van der Waals surface area contributed by atoms with Gasteiger partial charge in [0.2, 0.25) is 5.91 Å². The number of para-hydroxylation sites is 2. The first-order valence-electron chi connectivity index (χ1n) is 9.33. The third-order valence-corrected chi connectivity index (χ3v) is 4.80. The fourth-order valence-corrected chi connectivity index (χ4v) is 3.24. The van der Waals surface area contributed by atoms with Crippen LogP contribution in [0.25, 0.3) is 0 Å². The summed E-state index contributed by atoms with van der Waals surface area (Å²) >= 11 is 6.01. The van der Waals surface area contributed by atoms with Gasteiger partial charge in [0.05, 0.1) is 12.8 Å². The van der Waals surface area contributed by atoms with Crippen molar-refractivity contribution in [2.24, 2.45) is 0 Å². The Balaban J connectivity index is 1.50. The predicted octanol–water partition coefficient (Wildman–Crippen LogP) is 3.84. The average Bonchev–Trinajstić information content (AvgIpc) is 2.71. The smallest absolute Gasteiger partial charge is 0.225 e. The van der Waals surface area contributed by atoms with Crippen LogP contribution in [0.4, 0.5) is 5.69 Å². The second-order valence-corrected chi connectivity index (χ2v) is 6.97. The Labute approximate surface area is 170 Å². The van der Waals surface area contributed by atoms with E-state index in [1.807, 2.05) is 24.3 Å². The monoisotopic (exact) mass is 404 g/mol. The summed E-state index contributed by atoms with van der Waals surface area (Å²) in [6.07, 6.45) is 0.291. The number of likely N-dealkylation sites (N-methyl/N-ethyl adjacent to an activating group) is 1. The fourth-order valence-electron chi connectivity index (χ4n) is 3.07. The van der Waals surface area contributed by atoms with Crippen LogP contribution in [-0.2, 0) is 4.79 Å². The number of carbonyl (C=O) groups is 1. The molecule has 6 nitrogen and oxygen atoms in total. The minimum absolute atomic E-state index is 0.0639. The number of benzene rings is 2. The number of amides is 1. The second kappa shape index (κ2) is 9.66. The number of anilines is 1. The van der Waals surface area contributed by atoms with E-state index in [1.54, 1.807) is 25.3 Å². The van der Waals surface area contributed by atoms with Crippen LogP contribution in [-0.4, -0.2) is 50.3 Å². The van der Waals surface area contributed by atoms with Gasteiger partial charge >= 0.3 is 0 Å². The lowest BCUT2D eigenvalue weighted by Gasteiger charge is -2.30. The number of carbonyl (C=O) groups excluding carboxylic acids is 1. The maximum atomic E-state index is 12.4. The van der Waals surface area contributed by atoms with Crippen LogP contribution in [0.2, 0.25) is 5.02 Å². The standard InChI is InChI=1S/C21H25ClN2O4/c1-3-24(13-16-14-27-19-6-4-5-7-20(19)28-16)11-10-21(25)23-17-12-15(22)8-9-18(17)26-2/h4-9,12,16H,3,10-11,13-14H2,1-2H3,(H,23,25). The summed E-state index contributed by atoms with van der Waals surface area (Å²) in [6, 6.07) is 12.8. The zero-order valence-electron chi connectivity index (χ0n) is 16.1. The van der Waals surface area contributed by atoms with Gasteiger partial charge in [0.15, 0.2) is 11.5 Å². The van der Waals surface area contributed by atoms with Crippen LogP contribution in [0.1, 0.15) is 13.3 Å². The molecule has 2 aromatic rings. The number of ether oxygens (including phenoxy) is 3. The second-order valence-electron chi connectivity index (χ2n) is 6.53. The Bertz CT molecular complexity index is 815. The highest BCUT2D eigenvalue weighted by atomic mass is 35.5. The SMILES string of the molecule is CCN(CCC(=O)Nc1cc(Cl)ccc1OC)CC1COc2ccccc2O1. The van der Waals surface area contributed by atoms with Crippen LogP contribution in [0, 0.1) is 0 Å². The molecule has 0 spiro atoms. The fraction of sp³-hybridized carbons (Fsp3) is 0.381. The van der Waals surface area contributed by atoms with E-state index in [9.17, 15) is 4.79 Å². The van der Waals surface area contributed by atoms with Gasteiger partial charge in [-0.1, -0.05) is 30.7 Å². The van der Waals surface area contributed by atoms with Gasteiger partial charge in [-0.3, -0.25) is 9.69 Å². The predicted molar refractivity (Wildman–Crippen MR) is 110 cm³/mol. The molecule has 1 aliphatic rings. The largest absolute Gasteiger partial charge is 0.495 e. The molecule has 0 saturated carbocycles. The molecule has 1 atom stereocenters. The van der Waals surface area contributed by atoms with Crippen LogP contribution in [0.5, 0.6) is 17.2 Å². The van der Waals surface area contributed by atoms with Crippen molar-refractivity contribution in [2.45, 2.75) is 19.4 Å². The van der Waals surface area contributed by atoms with Crippen molar-refractivity contribution in [3.05, 3.63) is 47.5 Å². The van der Waals surface area contributed by atoms with E-state index in [2.05, 4.69) is 17.1 Å². The van der Waals surface area contributed by atoms with Crippen molar-refractivity contribution < 1.29 is 19.0 Å².